The van der Waals surface area contributed by atoms with Crippen LogP contribution in [0.25, 0.3) is 0 Å². The minimum atomic E-state index is -3.74. The molecule has 1 N–H and O–H groups in total. The van der Waals surface area contributed by atoms with E-state index in [1.165, 1.54) is 12.1 Å². The smallest absolute Gasteiger partial charge is 0.258 e. The number of hydrogen-bond donors (Lipinski definition) is 1. The molecule has 1 heterocycles. The molecule has 4 rings (SSSR count). The summed E-state index contributed by atoms with van der Waals surface area (Å²) in [5.74, 6) is -0.174. The lowest BCUT2D eigenvalue weighted by atomic mass is 10.1. The van der Waals surface area contributed by atoms with Crippen LogP contribution in [-0.4, -0.2) is 20.9 Å². The molecule has 148 valence electrons. The summed E-state index contributed by atoms with van der Waals surface area (Å²) in [6.07, 6.45) is 0.803. The van der Waals surface area contributed by atoms with Crippen LogP contribution in [0.2, 0.25) is 0 Å². The first-order valence-corrected chi connectivity index (χ1v) is 11.0. The zero-order valence-electron chi connectivity index (χ0n) is 16.1. The Bertz CT molecular complexity index is 1160. The molecule has 0 fully saturated rings. The number of sulfonamides is 1. The van der Waals surface area contributed by atoms with Gasteiger partial charge >= 0.3 is 0 Å². The lowest BCUT2D eigenvalue weighted by molar-refractivity contribution is 0.0988. The Morgan fingerprint density at radius 3 is 2.52 bits per heavy atom. The molecular formula is C23H22N2O3S. The average Bonchev–Trinajstić information content (AvgIpc) is 3.17. The molecular weight excluding hydrogens is 384 g/mol. The molecule has 0 aromatic heterocycles. The van der Waals surface area contributed by atoms with Crippen LogP contribution < -0.4 is 9.62 Å². The van der Waals surface area contributed by atoms with E-state index < -0.39 is 10.0 Å². The van der Waals surface area contributed by atoms with Crippen molar-refractivity contribution < 1.29 is 13.2 Å². The largest absolute Gasteiger partial charge is 0.308 e. The predicted octanol–water partition coefficient (Wildman–Crippen LogP) is 3.68. The van der Waals surface area contributed by atoms with Crippen LogP contribution in [0.4, 0.5) is 5.69 Å². The van der Waals surface area contributed by atoms with Gasteiger partial charge < -0.3 is 4.90 Å². The number of rotatable bonds is 5. The van der Waals surface area contributed by atoms with Gasteiger partial charge in [0.15, 0.2) is 0 Å². The molecule has 0 spiro atoms. The van der Waals surface area contributed by atoms with Crippen LogP contribution >= 0.6 is 0 Å². The molecule has 6 heteroatoms. The van der Waals surface area contributed by atoms with Crippen molar-refractivity contribution in [2.45, 2.75) is 24.8 Å². The highest BCUT2D eigenvalue weighted by Gasteiger charge is 2.27. The van der Waals surface area contributed by atoms with Gasteiger partial charge in [-0.1, -0.05) is 54.6 Å². The van der Waals surface area contributed by atoms with Crippen molar-refractivity contribution in [1.82, 2.24) is 4.72 Å². The van der Waals surface area contributed by atoms with Gasteiger partial charge in [-0.2, -0.15) is 0 Å². The summed E-state index contributed by atoms with van der Waals surface area (Å²) < 4.78 is 28.2. The molecule has 0 unspecified atom stereocenters. The quantitative estimate of drug-likeness (QED) is 0.703. The predicted molar refractivity (Wildman–Crippen MR) is 113 cm³/mol. The highest BCUT2D eigenvalue weighted by molar-refractivity contribution is 7.89. The Morgan fingerprint density at radius 2 is 1.72 bits per heavy atom. The van der Waals surface area contributed by atoms with Crippen molar-refractivity contribution in [3.05, 3.63) is 95.1 Å². The highest BCUT2D eigenvalue weighted by Crippen LogP contribution is 2.30. The van der Waals surface area contributed by atoms with Crippen molar-refractivity contribution in [3.8, 4) is 0 Å². The number of para-hydroxylation sites is 1. The molecule has 0 atom stereocenters. The van der Waals surface area contributed by atoms with E-state index in [2.05, 4.69) is 4.72 Å². The van der Waals surface area contributed by atoms with E-state index in [4.69, 9.17) is 0 Å². The minimum Gasteiger partial charge on any atom is -0.308 e. The fraction of sp³-hybridized carbons (Fsp3) is 0.174. The second-order valence-electron chi connectivity index (χ2n) is 7.12. The second kappa shape index (κ2) is 7.81. The number of anilines is 1. The summed E-state index contributed by atoms with van der Waals surface area (Å²) in [5, 5.41) is 0. The Kier molecular flexibility index (Phi) is 5.22. The van der Waals surface area contributed by atoms with Gasteiger partial charge in [-0.3, -0.25) is 4.79 Å². The number of nitrogens with zero attached hydrogens (tertiary/aromatic N) is 1. The highest BCUT2D eigenvalue weighted by atomic mass is 32.2. The fourth-order valence-electron chi connectivity index (χ4n) is 3.55. The van der Waals surface area contributed by atoms with Crippen LogP contribution in [0.5, 0.6) is 0 Å². The molecule has 3 aromatic rings. The summed E-state index contributed by atoms with van der Waals surface area (Å²) in [6, 6.07) is 21.8. The maximum atomic E-state index is 13.2. The molecule has 1 aliphatic heterocycles. The van der Waals surface area contributed by atoms with Crippen LogP contribution in [0.1, 0.15) is 27.0 Å². The Morgan fingerprint density at radius 1 is 1.00 bits per heavy atom. The van der Waals surface area contributed by atoms with Gasteiger partial charge in [0.1, 0.15) is 0 Å². The molecule has 1 amide bonds. The molecule has 0 saturated carbocycles. The summed E-state index contributed by atoms with van der Waals surface area (Å²) >= 11 is 0. The second-order valence-corrected chi connectivity index (χ2v) is 8.89. The Balaban J connectivity index is 1.60. The van der Waals surface area contributed by atoms with E-state index in [1.807, 2.05) is 61.5 Å². The van der Waals surface area contributed by atoms with E-state index in [-0.39, 0.29) is 17.3 Å². The topological polar surface area (TPSA) is 66.5 Å². The van der Waals surface area contributed by atoms with Crippen molar-refractivity contribution in [3.63, 3.8) is 0 Å². The summed E-state index contributed by atoms with van der Waals surface area (Å²) in [5.41, 5.74) is 4.05. The van der Waals surface area contributed by atoms with Crippen LogP contribution in [0.15, 0.2) is 77.7 Å². The number of fused-ring (bicyclic) bond motifs is 1. The first kappa shape index (κ1) is 19.4. The number of benzene rings is 3. The summed E-state index contributed by atoms with van der Waals surface area (Å²) in [4.78, 5) is 15.0. The van der Waals surface area contributed by atoms with Gasteiger partial charge in [0.05, 0.1) is 4.90 Å². The number of hydrogen-bond acceptors (Lipinski definition) is 3. The molecule has 0 radical (unpaired) electrons. The molecule has 0 bridgehead atoms. The molecule has 0 saturated heterocycles. The maximum Gasteiger partial charge on any atom is 0.258 e. The van der Waals surface area contributed by atoms with Crippen molar-refractivity contribution in [1.29, 1.82) is 0 Å². The van der Waals surface area contributed by atoms with Gasteiger partial charge in [-0.05, 0) is 48.2 Å². The third kappa shape index (κ3) is 3.95. The SMILES string of the molecule is Cc1ccc(S(=O)(=O)NCc2ccccc2)cc1C(=O)N1CCc2ccccc21. The number of amides is 1. The molecule has 29 heavy (non-hydrogen) atoms. The number of aryl methyl sites for hydroxylation is 1. The van der Waals surface area contributed by atoms with Gasteiger partial charge in [0.2, 0.25) is 10.0 Å². The summed E-state index contributed by atoms with van der Waals surface area (Å²) in [7, 11) is -3.74. The van der Waals surface area contributed by atoms with Gasteiger partial charge in [-0.25, -0.2) is 13.1 Å². The summed E-state index contributed by atoms with van der Waals surface area (Å²) in [6.45, 7) is 2.61. The molecule has 1 aliphatic rings. The first-order chi connectivity index (χ1) is 14.0. The first-order valence-electron chi connectivity index (χ1n) is 9.50. The number of carbonyl (C=O) groups is 1. The van der Waals surface area contributed by atoms with Gasteiger partial charge in [-0.15, -0.1) is 0 Å². The average molecular weight is 407 g/mol. The fourth-order valence-corrected chi connectivity index (χ4v) is 4.59. The lowest BCUT2D eigenvalue weighted by Gasteiger charge is -2.19. The third-order valence-corrected chi connectivity index (χ3v) is 6.59. The van der Waals surface area contributed by atoms with E-state index >= 15 is 0 Å². The van der Waals surface area contributed by atoms with Gasteiger partial charge in [0, 0.05) is 24.3 Å². The Labute approximate surface area is 171 Å². The molecule has 0 aliphatic carbocycles. The standard InChI is InChI=1S/C23H22N2O3S/c1-17-11-12-20(29(27,28)24-16-18-7-3-2-4-8-18)15-21(17)23(26)25-14-13-19-9-5-6-10-22(19)25/h2-12,15,24H,13-14,16H2,1H3. The van der Waals surface area contributed by atoms with Crippen LogP contribution in [-0.2, 0) is 23.0 Å². The van der Waals surface area contributed by atoms with Crippen molar-refractivity contribution in [2.75, 3.05) is 11.4 Å². The Hall–Kier alpha value is -2.96. The maximum absolute atomic E-state index is 13.2. The minimum absolute atomic E-state index is 0.0925. The van der Waals surface area contributed by atoms with Gasteiger partial charge in [0.25, 0.3) is 5.91 Å². The normalized spacial score (nSPS) is 13.3. The lowest BCUT2D eigenvalue weighted by Crippen LogP contribution is -2.30. The van der Waals surface area contributed by atoms with E-state index in [1.54, 1.807) is 11.0 Å². The van der Waals surface area contributed by atoms with E-state index in [9.17, 15) is 13.2 Å². The van der Waals surface area contributed by atoms with E-state index in [0.29, 0.717) is 12.1 Å². The zero-order chi connectivity index (χ0) is 20.4. The number of carbonyl (C=O) groups excluding carboxylic acids is 1. The number of nitrogens with one attached hydrogen (secondary N) is 1. The van der Waals surface area contributed by atoms with Crippen LogP contribution in [0.3, 0.4) is 0 Å². The van der Waals surface area contributed by atoms with Crippen molar-refractivity contribution in [2.24, 2.45) is 0 Å². The third-order valence-electron chi connectivity index (χ3n) is 5.19. The monoisotopic (exact) mass is 406 g/mol. The van der Waals surface area contributed by atoms with E-state index in [0.717, 1.165) is 28.8 Å². The molecule has 5 nitrogen and oxygen atoms in total. The molecule has 3 aromatic carbocycles. The zero-order valence-corrected chi connectivity index (χ0v) is 16.9. The van der Waals surface area contributed by atoms with Crippen molar-refractivity contribution >= 4 is 21.6 Å². The van der Waals surface area contributed by atoms with Crippen LogP contribution in [0, 0.1) is 6.92 Å².